The van der Waals surface area contributed by atoms with Crippen LogP contribution in [0.25, 0.3) is 0 Å². The third kappa shape index (κ3) is 5.99. The first kappa shape index (κ1) is 23.1. The van der Waals surface area contributed by atoms with Gasteiger partial charge in [-0.25, -0.2) is 23.5 Å². The van der Waals surface area contributed by atoms with Crippen LogP contribution in [0.3, 0.4) is 0 Å². The summed E-state index contributed by atoms with van der Waals surface area (Å²) >= 11 is 0. The SMILES string of the molecule is COCCN(c1cc(C(=O)Nc2ccc(S(N)(=O)=O)cc2C)ncn1)C1CCCCC1. The summed E-state index contributed by atoms with van der Waals surface area (Å²) in [6.07, 6.45) is 7.18. The van der Waals surface area contributed by atoms with Gasteiger partial charge in [-0.2, -0.15) is 0 Å². The van der Waals surface area contributed by atoms with Crippen LogP contribution in [-0.2, 0) is 14.8 Å². The number of aromatic nitrogens is 2. The standard InChI is InChI=1S/C21H29N5O4S/c1-15-12-17(31(22,28)29)8-9-18(15)25-21(27)19-13-20(24-14-23-19)26(10-11-30-2)16-6-4-3-5-7-16/h8-9,12-14,16H,3-7,10-11H2,1-2H3,(H,25,27)(H2,22,28,29). The van der Waals surface area contributed by atoms with E-state index in [1.54, 1.807) is 20.1 Å². The van der Waals surface area contributed by atoms with Gasteiger partial charge in [0.1, 0.15) is 17.8 Å². The van der Waals surface area contributed by atoms with Crippen molar-refractivity contribution in [3.8, 4) is 0 Å². The van der Waals surface area contributed by atoms with Crippen molar-refractivity contribution in [2.45, 2.75) is 50.0 Å². The van der Waals surface area contributed by atoms with Crippen molar-refractivity contribution >= 4 is 27.4 Å². The first-order chi connectivity index (χ1) is 14.8. The fourth-order valence-corrected chi connectivity index (χ4v) is 4.43. The lowest BCUT2D eigenvalue weighted by molar-refractivity contribution is 0.102. The Bertz CT molecular complexity index is 1020. The molecule has 10 heteroatoms. The number of aryl methyl sites for hydroxylation is 1. The lowest BCUT2D eigenvalue weighted by atomic mass is 9.94. The predicted octanol–water partition coefficient (Wildman–Crippen LogP) is 2.47. The van der Waals surface area contributed by atoms with Gasteiger partial charge in [0, 0.05) is 31.5 Å². The Morgan fingerprint density at radius 1 is 1.23 bits per heavy atom. The molecule has 2 aromatic rings. The van der Waals surface area contributed by atoms with Crippen LogP contribution >= 0.6 is 0 Å². The molecule has 0 saturated heterocycles. The van der Waals surface area contributed by atoms with E-state index >= 15 is 0 Å². The van der Waals surface area contributed by atoms with E-state index in [0.29, 0.717) is 36.3 Å². The van der Waals surface area contributed by atoms with Gasteiger partial charge in [0.2, 0.25) is 10.0 Å². The van der Waals surface area contributed by atoms with E-state index < -0.39 is 15.9 Å². The van der Waals surface area contributed by atoms with Crippen LogP contribution in [0, 0.1) is 6.92 Å². The molecule has 3 rings (SSSR count). The molecule has 1 aromatic heterocycles. The zero-order valence-electron chi connectivity index (χ0n) is 17.9. The van der Waals surface area contributed by atoms with Crippen molar-refractivity contribution in [2.24, 2.45) is 5.14 Å². The zero-order chi connectivity index (χ0) is 22.4. The summed E-state index contributed by atoms with van der Waals surface area (Å²) in [6.45, 7) is 2.95. The molecule has 0 spiro atoms. The molecule has 0 bridgehead atoms. The zero-order valence-corrected chi connectivity index (χ0v) is 18.7. The summed E-state index contributed by atoms with van der Waals surface area (Å²) < 4.78 is 28.3. The quantitative estimate of drug-likeness (QED) is 0.636. The molecular weight excluding hydrogens is 418 g/mol. The maximum absolute atomic E-state index is 12.8. The van der Waals surface area contributed by atoms with Crippen LogP contribution < -0.4 is 15.4 Å². The molecule has 0 aliphatic heterocycles. The Hall–Kier alpha value is -2.56. The highest BCUT2D eigenvalue weighted by Gasteiger charge is 2.23. The van der Waals surface area contributed by atoms with Crippen LogP contribution in [0.4, 0.5) is 11.5 Å². The van der Waals surface area contributed by atoms with Gasteiger partial charge in [-0.3, -0.25) is 4.79 Å². The summed E-state index contributed by atoms with van der Waals surface area (Å²) in [5.41, 5.74) is 1.30. The van der Waals surface area contributed by atoms with E-state index in [4.69, 9.17) is 9.88 Å². The summed E-state index contributed by atoms with van der Waals surface area (Å²) in [7, 11) is -2.14. The molecule has 1 heterocycles. The molecule has 0 unspecified atom stereocenters. The maximum atomic E-state index is 12.8. The number of primary sulfonamides is 1. The topological polar surface area (TPSA) is 128 Å². The number of rotatable bonds is 8. The second-order valence-electron chi connectivity index (χ2n) is 7.72. The summed E-state index contributed by atoms with van der Waals surface area (Å²) in [5, 5.41) is 7.95. The smallest absolute Gasteiger partial charge is 0.274 e. The Morgan fingerprint density at radius 3 is 2.61 bits per heavy atom. The molecular formula is C21H29N5O4S. The second-order valence-corrected chi connectivity index (χ2v) is 9.28. The monoisotopic (exact) mass is 447 g/mol. The minimum absolute atomic E-state index is 0.00594. The number of carbonyl (C=O) groups is 1. The third-order valence-electron chi connectivity index (χ3n) is 5.51. The number of benzene rings is 1. The molecule has 168 valence electrons. The molecule has 1 aromatic carbocycles. The van der Waals surface area contributed by atoms with Crippen LogP contribution in [-0.4, -0.2) is 50.6 Å². The highest BCUT2D eigenvalue weighted by molar-refractivity contribution is 7.89. The predicted molar refractivity (Wildman–Crippen MR) is 119 cm³/mol. The van der Waals surface area contributed by atoms with Crippen LogP contribution in [0.15, 0.2) is 35.5 Å². The first-order valence-electron chi connectivity index (χ1n) is 10.3. The number of nitrogens with one attached hydrogen (secondary N) is 1. The van der Waals surface area contributed by atoms with Gasteiger partial charge in [0.15, 0.2) is 0 Å². The van der Waals surface area contributed by atoms with E-state index in [2.05, 4.69) is 20.2 Å². The number of amides is 1. The van der Waals surface area contributed by atoms with Gasteiger partial charge >= 0.3 is 0 Å². The van der Waals surface area contributed by atoms with Crippen molar-refractivity contribution in [1.29, 1.82) is 0 Å². The minimum Gasteiger partial charge on any atom is -0.383 e. The van der Waals surface area contributed by atoms with Crippen molar-refractivity contribution in [3.05, 3.63) is 41.9 Å². The number of methoxy groups -OCH3 is 1. The van der Waals surface area contributed by atoms with Crippen molar-refractivity contribution in [1.82, 2.24) is 9.97 Å². The molecule has 0 radical (unpaired) electrons. The third-order valence-corrected chi connectivity index (χ3v) is 6.42. The van der Waals surface area contributed by atoms with Crippen molar-refractivity contribution < 1.29 is 17.9 Å². The molecule has 31 heavy (non-hydrogen) atoms. The maximum Gasteiger partial charge on any atom is 0.274 e. The highest BCUT2D eigenvalue weighted by atomic mass is 32.2. The summed E-state index contributed by atoms with van der Waals surface area (Å²) in [6, 6.07) is 6.35. The lowest BCUT2D eigenvalue weighted by Crippen LogP contribution is -2.39. The minimum atomic E-state index is -3.81. The van der Waals surface area contributed by atoms with Crippen LogP contribution in [0.1, 0.15) is 48.2 Å². The van der Waals surface area contributed by atoms with Crippen LogP contribution in [0.2, 0.25) is 0 Å². The van der Waals surface area contributed by atoms with Gasteiger partial charge in [0.05, 0.1) is 11.5 Å². The summed E-state index contributed by atoms with van der Waals surface area (Å²) in [4.78, 5) is 23.6. The fourth-order valence-electron chi connectivity index (χ4n) is 3.83. The van der Waals surface area contributed by atoms with Crippen molar-refractivity contribution in [2.75, 3.05) is 30.5 Å². The largest absolute Gasteiger partial charge is 0.383 e. The number of sulfonamides is 1. The summed E-state index contributed by atoms with van der Waals surface area (Å²) in [5.74, 6) is 0.302. The molecule has 1 amide bonds. The van der Waals surface area contributed by atoms with Crippen LogP contribution in [0.5, 0.6) is 0 Å². The van der Waals surface area contributed by atoms with Gasteiger partial charge in [0.25, 0.3) is 5.91 Å². The average Bonchev–Trinajstić information content (AvgIpc) is 2.75. The number of nitrogens with zero attached hydrogens (tertiary/aromatic N) is 3. The van der Waals surface area contributed by atoms with E-state index in [1.807, 2.05) is 0 Å². The molecule has 1 saturated carbocycles. The second kappa shape index (κ2) is 10.2. The molecule has 9 nitrogen and oxygen atoms in total. The number of nitrogens with two attached hydrogens (primary N) is 1. The fraction of sp³-hybridized carbons (Fsp3) is 0.476. The normalized spacial score (nSPS) is 14.9. The number of carbonyl (C=O) groups excluding carboxylic acids is 1. The Morgan fingerprint density at radius 2 is 1.97 bits per heavy atom. The van der Waals surface area contributed by atoms with Gasteiger partial charge in [-0.1, -0.05) is 19.3 Å². The molecule has 0 atom stereocenters. The van der Waals surface area contributed by atoms with Crippen molar-refractivity contribution in [3.63, 3.8) is 0 Å². The molecule has 1 fully saturated rings. The molecule has 3 N–H and O–H groups in total. The van der Waals surface area contributed by atoms with E-state index in [9.17, 15) is 13.2 Å². The van der Waals surface area contributed by atoms with Gasteiger partial charge in [-0.15, -0.1) is 0 Å². The highest BCUT2D eigenvalue weighted by Crippen LogP contribution is 2.26. The van der Waals surface area contributed by atoms with E-state index in [-0.39, 0.29) is 10.6 Å². The Kier molecular flexibility index (Phi) is 7.58. The number of hydrogen-bond donors (Lipinski definition) is 2. The molecule has 1 aliphatic rings. The average molecular weight is 448 g/mol. The van der Waals surface area contributed by atoms with E-state index in [0.717, 1.165) is 12.8 Å². The van der Waals surface area contributed by atoms with E-state index in [1.165, 1.54) is 43.8 Å². The van der Waals surface area contributed by atoms with Gasteiger partial charge in [-0.05, 0) is 43.5 Å². The molecule has 1 aliphatic carbocycles. The lowest BCUT2D eigenvalue weighted by Gasteiger charge is -2.35. The number of ether oxygens (including phenoxy) is 1. The number of anilines is 2. The number of hydrogen-bond acceptors (Lipinski definition) is 7. The van der Waals surface area contributed by atoms with Gasteiger partial charge < -0.3 is 15.0 Å². The Balaban J connectivity index is 1.80. The first-order valence-corrected chi connectivity index (χ1v) is 11.9. The Labute approximate surface area is 183 Å².